The number of alkyl halides is 2. The molecule has 2 aliphatic rings. The Morgan fingerprint density at radius 2 is 2.00 bits per heavy atom. The number of carbonyl (C=O) groups excluding carboxylic acids is 1. The average Bonchev–Trinajstić information content (AvgIpc) is 3.58. The fourth-order valence-corrected chi connectivity index (χ4v) is 6.25. The Balaban J connectivity index is 1.33. The van der Waals surface area contributed by atoms with Crippen molar-refractivity contribution in [1.29, 1.82) is 0 Å². The van der Waals surface area contributed by atoms with Gasteiger partial charge in [-0.1, -0.05) is 11.6 Å². The SMILES string of the molecule is Cn1cnc(C2CC3CC(O)(c4cn(CCO)nc4C(F)F)CC3C2)c1C(=O)Nc1ccc(F)c(Cl)c1. The quantitative estimate of drug-likeness (QED) is 0.415. The van der Waals surface area contributed by atoms with Gasteiger partial charge in [0, 0.05) is 30.4 Å². The Morgan fingerprint density at radius 1 is 1.30 bits per heavy atom. The number of benzene rings is 1. The number of fused-ring (bicyclic) bond motifs is 1. The molecule has 2 saturated carbocycles. The minimum absolute atomic E-state index is 0.0370. The molecule has 2 aliphatic carbocycles. The first-order valence-corrected chi connectivity index (χ1v) is 12.4. The summed E-state index contributed by atoms with van der Waals surface area (Å²) in [7, 11) is 1.72. The lowest BCUT2D eigenvalue weighted by atomic mass is 9.87. The van der Waals surface area contributed by atoms with Gasteiger partial charge in [-0.05, 0) is 55.7 Å². The molecule has 0 bridgehead atoms. The molecule has 8 nitrogen and oxygen atoms in total. The van der Waals surface area contributed by atoms with Crippen LogP contribution in [0, 0.1) is 17.7 Å². The van der Waals surface area contributed by atoms with Crippen molar-refractivity contribution in [1.82, 2.24) is 19.3 Å². The summed E-state index contributed by atoms with van der Waals surface area (Å²) in [6.07, 6.45) is 2.07. The van der Waals surface area contributed by atoms with Crippen molar-refractivity contribution in [3.05, 3.63) is 64.2 Å². The Hall–Kier alpha value is -2.89. The summed E-state index contributed by atoms with van der Waals surface area (Å²) in [5.41, 5.74) is -0.379. The molecule has 1 amide bonds. The van der Waals surface area contributed by atoms with Crippen molar-refractivity contribution >= 4 is 23.2 Å². The predicted molar refractivity (Wildman–Crippen MR) is 129 cm³/mol. The highest BCUT2D eigenvalue weighted by molar-refractivity contribution is 6.31. The van der Waals surface area contributed by atoms with Gasteiger partial charge in [0.15, 0.2) is 0 Å². The first-order chi connectivity index (χ1) is 17.6. The molecule has 1 aromatic carbocycles. The number of amides is 1. The number of aryl methyl sites for hydroxylation is 1. The number of aromatic nitrogens is 4. The van der Waals surface area contributed by atoms with Crippen LogP contribution in [0.4, 0.5) is 18.9 Å². The minimum Gasteiger partial charge on any atom is -0.394 e. The normalized spacial score (nSPS) is 25.1. The van der Waals surface area contributed by atoms with Crippen LogP contribution in [0.2, 0.25) is 5.02 Å². The Labute approximate surface area is 216 Å². The number of rotatable bonds is 7. The summed E-state index contributed by atoms with van der Waals surface area (Å²) in [4.78, 5) is 17.6. The maximum atomic E-state index is 13.7. The molecule has 3 N–H and O–H groups in total. The van der Waals surface area contributed by atoms with E-state index in [1.165, 1.54) is 29.1 Å². The van der Waals surface area contributed by atoms with Crippen LogP contribution in [0.3, 0.4) is 0 Å². The molecule has 12 heteroatoms. The van der Waals surface area contributed by atoms with Gasteiger partial charge in [-0.2, -0.15) is 5.10 Å². The van der Waals surface area contributed by atoms with Crippen molar-refractivity contribution in [3.8, 4) is 0 Å². The molecule has 37 heavy (non-hydrogen) atoms. The number of hydrogen-bond acceptors (Lipinski definition) is 5. The lowest BCUT2D eigenvalue weighted by Crippen LogP contribution is -2.24. The number of nitrogens with zero attached hydrogens (tertiary/aromatic N) is 4. The van der Waals surface area contributed by atoms with Gasteiger partial charge in [0.1, 0.15) is 17.2 Å². The summed E-state index contributed by atoms with van der Waals surface area (Å²) < 4.78 is 43.7. The second-order valence-electron chi connectivity index (χ2n) is 10.0. The highest BCUT2D eigenvalue weighted by atomic mass is 35.5. The first-order valence-electron chi connectivity index (χ1n) is 12.1. The van der Waals surface area contributed by atoms with E-state index in [0.29, 0.717) is 42.8 Å². The maximum Gasteiger partial charge on any atom is 0.282 e. The van der Waals surface area contributed by atoms with Gasteiger partial charge in [0.25, 0.3) is 12.3 Å². The molecule has 0 spiro atoms. The topological polar surface area (TPSA) is 105 Å². The van der Waals surface area contributed by atoms with Crippen LogP contribution in [0.25, 0.3) is 0 Å². The number of anilines is 1. The largest absolute Gasteiger partial charge is 0.394 e. The molecule has 2 unspecified atom stereocenters. The standard InChI is InChI=1S/C25H27ClF3N5O3/c1-33-12-30-20(22(33)24(36)31-16-2-3-19(27)18(26)8-16)13-6-14-9-25(37,10-15(14)7-13)17-11-34(4-5-35)32-21(17)23(28)29/h2-3,8,11-15,23,35,37H,4-7,9-10H2,1H3,(H,31,36). The highest BCUT2D eigenvalue weighted by Gasteiger charge is 2.52. The molecule has 3 aromatic rings. The van der Waals surface area contributed by atoms with Crippen LogP contribution in [0.15, 0.2) is 30.7 Å². The number of nitrogens with one attached hydrogen (secondary N) is 1. The van der Waals surface area contributed by atoms with Gasteiger partial charge in [-0.15, -0.1) is 0 Å². The van der Waals surface area contributed by atoms with E-state index >= 15 is 0 Å². The van der Waals surface area contributed by atoms with E-state index in [4.69, 9.17) is 16.7 Å². The fourth-order valence-electron chi connectivity index (χ4n) is 6.07. The third-order valence-electron chi connectivity index (χ3n) is 7.61. The van der Waals surface area contributed by atoms with E-state index < -0.39 is 29.4 Å². The second kappa shape index (κ2) is 9.77. The molecule has 0 radical (unpaired) electrons. The van der Waals surface area contributed by atoms with Crippen molar-refractivity contribution in [2.24, 2.45) is 18.9 Å². The smallest absolute Gasteiger partial charge is 0.282 e. The summed E-state index contributed by atoms with van der Waals surface area (Å²) in [5.74, 6) is -0.889. The number of hydrogen-bond donors (Lipinski definition) is 3. The molecule has 5 rings (SSSR count). The van der Waals surface area contributed by atoms with Crippen LogP contribution in [-0.4, -0.2) is 42.1 Å². The fraction of sp³-hybridized carbons (Fsp3) is 0.480. The molecule has 2 aromatic heterocycles. The summed E-state index contributed by atoms with van der Waals surface area (Å²) in [6, 6.07) is 3.93. The van der Waals surface area contributed by atoms with Crippen molar-refractivity contribution in [3.63, 3.8) is 0 Å². The number of carbonyl (C=O) groups is 1. The van der Waals surface area contributed by atoms with E-state index in [-0.39, 0.29) is 41.5 Å². The molecule has 2 fully saturated rings. The van der Waals surface area contributed by atoms with E-state index in [2.05, 4.69) is 15.4 Å². The van der Waals surface area contributed by atoms with Crippen molar-refractivity contribution in [2.75, 3.05) is 11.9 Å². The van der Waals surface area contributed by atoms with E-state index in [1.54, 1.807) is 17.9 Å². The minimum atomic E-state index is -2.84. The molecule has 0 aliphatic heterocycles. The van der Waals surface area contributed by atoms with Gasteiger partial charge in [0.05, 0.1) is 35.8 Å². The van der Waals surface area contributed by atoms with Crippen molar-refractivity contribution in [2.45, 2.75) is 50.2 Å². The van der Waals surface area contributed by atoms with Crippen LogP contribution in [0.1, 0.15) is 65.5 Å². The van der Waals surface area contributed by atoms with Crippen LogP contribution >= 0.6 is 11.6 Å². The molecular weight excluding hydrogens is 511 g/mol. The van der Waals surface area contributed by atoms with Gasteiger partial charge in [0.2, 0.25) is 0 Å². The molecule has 0 saturated heterocycles. The zero-order valence-corrected chi connectivity index (χ0v) is 20.8. The van der Waals surface area contributed by atoms with Crippen molar-refractivity contribution < 1.29 is 28.2 Å². The van der Waals surface area contributed by atoms with Crippen LogP contribution in [0.5, 0.6) is 0 Å². The average molecular weight is 538 g/mol. The zero-order valence-electron chi connectivity index (χ0n) is 20.0. The summed E-state index contributed by atoms with van der Waals surface area (Å²) in [6.45, 7) is -0.178. The van der Waals surface area contributed by atoms with Crippen LogP contribution < -0.4 is 5.32 Å². The van der Waals surface area contributed by atoms with Gasteiger partial charge in [-0.3, -0.25) is 9.48 Å². The number of aliphatic hydroxyl groups excluding tert-OH is 1. The van der Waals surface area contributed by atoms with E-state index in [0.717, 1.165) is 0 Å². The van der Waals surface area contributed by atoms with Crippen LogP contribution in [-0.2, 0) is 19.2 Å². The monoisotopic (exact) mass is 537 g/mol. The third-order valence-corrected chi connectivity index (χ3v) is 7.90. The Kier molecular flexibility index (Phi) is 6.80. The maximum absolute atomic E-state index is 13.7. The number of imidazole rings is 1. The lowest BCUT2D eigenvalue weighted by Gasteiger charge is -2.25. The molecular formula is C25H27ClF3N5O3. The molecule has 2 heterocycles. The van der Waals surface area contributed by atoms with Gasteiger partial charge < -0.3 is 20.1 Å². The Morgan fingerprint density at radius 3 is 2.62 bits per heavy atom. The Bertz CT molecular complexity index is 1310. The molecule has 2 atom stereocenters. The zero-order chi connectivity index (χ0) is 26.5. The predicted octanol–water partition coefficient (Wildman–Crippen LogP) is 4.38. The van der Waals surface area contributed by atoms with Gasteiger partial charge in [-0.25, -0.2) is 18.2 Å². The molecule has 198 valence electrons. The van der Waals surface area contributed by atoms with Gasteiger partial charge >= 0.3 is 0 Å². The summed E-state index contributed by atoms with van der Waals surface area (Å²) in [5, 5.41) is 27.1. The highest BCUT2D eigenvalue weighted by Crippen LogP contribution is 2.57. The number of halogens is 4. The lowest BCUT2D eigenvalue weighted by molar-refractivity contribution is 0.0290. The summed E-state index contributed by atoms with van der Waals surface area (Å²) >= 11 is 5.83. The second-order valence-corrected chi connectivity index (χ2v) is 10.4. The van der Waals surface area contributed by atoms with E-state index in [1.807, 2.05) is 0 Å². The number of aliphatic hydroxyl groups is 2. The van der Waals surface area contributed by atoms with E-state index in [9.17, 15) is 23.1 Å². The first kappa shape index (κ1) is 25.7. The third kappa shape index (κ3) is 4.75.